The second kappa shape index (κ2) is 23.0. The Balaban J connectivity index is 1.15. The van der Waals surface area contributed by atoms with Gasteiger partial charge in [0, 0.05) is 30.1 Å². The molecule has 3 N–H and O–H groups in total. The van der Waals surface area contributed by atoms with Gasteiger partial charge in [0.25, 0.3) is 0 Å². The minimum absolute atomic E-state index is 0.309. The van der Waals surface area contributed by atoms with Gasteiger partial charge in [0.05, 0.1) is 111 Å². The van der Waals surface area contributed by atoms with Crippen molar-refractivity contribution in [2.45, 2.75) is 12.9 Å². The zero-order valence-corrected chi connectivity index (χ0v) is 26.2. The fraction of sp³-hybridized carbons (Fsp3) is 0.567. The van der Waals surface area contributed by atoms with Crippen LogP contribution in [-0.4, -0.2) is 125 Å². The summed E-state index contributed by atoms with van der Waals surface area (Å²) in [6, 6.07) is 7.06. The molecule has 47 heavy (non-hydrogen) atoms. The third-order valence-electron chi connectivity index (χ3n) is 5.92. The monoisotopic (exact) mass is 672 g/mol. The SMILES string of the molecule is NCCOCCOCCOCCOCCOCCOCCOCCn1cc(-c2cc(Nc3ccc(OC(F)(F)F)cc3)ncn2)cn1. The summed E-state index contributed by atoms with van der Waals surface area (Å²) in [6.07, 6.45) is 0.158. The zero-order valence-electron chi connectivity index (χ0n) is 26.2. The van der Waals surface area contributed by atoms with Crippen LogP contribution in [0.25, 0.3) is 11.3 Å². The van der Waals surface area contributed by atoms with Gasteiger partial charge in [-0.1, -0.05) is 0 Å². The van der Waals surface area contributed by atoms with Crippen LogP contribution < -0.4 is 15.8 Å². The van der Waals surface area contributed by atoms with Crippen molar-refractivity contribution in [2.24, 2.45) is 5.73 Å². The van der Waals surface area contributed by atoms with E-state index in [0.717, 1.165) is 5.56 Å². The van der Waals surface area contributed by atoms with Gasteiger partial charge in [-0.3, -0.25) is 4.68 Å². The van der Waals surface area contributed by atoms with E-state index in [9.17, 15) is 13.2 Å². The second-order valence-corrected chi connectivity index (χ2v) is 9.55. The summed E-state index contributed by atoms with van der Waals surface area (Å²) in [5.74, 6) is 0.159. The molecule has 0 fully saturated rings. The largest absolute Gasteiger partial charge is 0.573 e. The van der Waals surface area contributed by atoms with Crippen LogP contribution in [0.5, 0.6) is 5.75 Å². The Morgan fingerprint density at radius 3 is 1.70 bits per heavy atom. The van der Waals surface area contributed by atoms with E-state index in [1.165, 1.54) is 30.6 Å². The topological polar surface area (TPSA) is 155 Å². The van der Waals surface area contributed by atoms with Crippen molar-refractivity contribution in [2.75, 3.05) is 104 Å². The van der Waals surface area contributed by atoms with Gasteiger partial charge in [0.1, 0.15) is 17.9 Å². The number of hydrogen-bond acceptors (Lipinski definition) is 13. The number of nitrogens with two attached hydrogens (primary N) is 1. The highest BCUT2D eigenvalue weighted by atomic mass is 19.4. The number of ether oxygens (including phenoxy) is 8. The third kappa shape index (κ3) is 17.9. The minimum atomic E-state index is -4.75. The van der Waals surface area contributed by atoms with Gasteiger partial charge in [0.15, 0.2) is 0 Å². The number of halogens is 3. The molecule has 17 heteroatoms. The summed E-state index contributed by atoms with van der Waals surface area (Å²) in [5, 5.41) is 7.37. The molecule has 14 nitrogen and oxygen atoms in total. The summed E-state index contributed by atoms with van der Waals surface area (Å²) < 4.78 is 80.8. The van der Waals surface area contributed by atoms with Crippen LogP contribution >= 0.6 is 0 Å². The lowest BCUT2D eigenvalue weighted by atomic mass is 10.2. The van der Waals surface area contributed by atoms with Gasteiger partial charge >= 0.3 is 6.36 Å². The normalized spacial score (nSPS) is 11.7. The van der Waals surface area contributed by atoms with Crippen molar-refractivity contribution in [3.63, 3.8) is 0 Å². The number of nitrogens with one attached hydrogen (secondary N) is 1. The van der Waals surface area contributed by atoms with Gasteiger partial charge < -0.3 is 48.9 Å². The molecular weight excluding hydrogens is 629 g/mol. The molecule has 2 aromatic heterocycles. The fourth-order valence-corrected chi connectivity index (χ4v) is 3.75. The molecule has 0 saturated carbocycles. The van der Waals surface area contributed by atoms with E-state index in [4.69, 9.17) is 38.9 Å². The van der Waals surface area contributed by atoms with E-state index >= 15 is 0 Å². The molecule has 0 radical (unpaired) electrons. The summed E-state index contributed by atoms with van der Waals surface area (Å²) >= 11 is 0. The average Bonchev–Trinajstić information content (AvgIpc) is 3.53. The standard InChI is InChI=1S/C30H43F3N6O8/c31-30(32,33)47-27-3-1-26(2-4-27)38-29-21-28(35-24-36-29)25-22-37-39(23-25)6-8-41-10-12-43-14-16-45-18-20-46-19-17-44-15-13-42-11-9-40-7-5-34/h1-4,21-24H,5-20,34H2,(H,35,36,38). The van der Waals surface area contributed by atoms with E-state index in [1.54, 1.807) is 16.9 Å². The lowest BCUT2D eigenvalue weighted by Gasteiger charge is -2.10. The Labute approximate surface area is 271 Å². The van der Waals surface area contributed by atoms with E-state index in [2.05, 4.69) is 25.1 Å². The van der Waals surface area contributed by atoms with Gasteiger partial charge in [0.2, 0.25) is 0 Å². The molecule has 262 valence electrons. The predicted molar refractivity (Wildman–Crippen MR) is 164 cm³/mol. The minimum Gasteiger partial charge on any atom is -0.406 e. The quantitative estimate of drug-likeness (QED) is 0.114. The van der Waals surface area contributed by atoms with E-state index in [1.807, 2.05) is 6.20 Å². The lowest BCUT2D eigenvalue weighted by Crippen LogP contribution is -2.16. The molecular formula is C30H43F3N6O8. The molecule has 0 bridgehead atoms. The highest BCUT2D eigenvalue weighted by Gasteiger charge is 2.30. The molecule has 0 aliphatic rings. The van der Waals surface area contributed by atoms with Crippen LogP contribution in [0.15, 0.2) is 49.1 Å². The number of hydrogen-bond donors (Lipinski definition) is 2. The number of nitrogens with zero attached hydrogens (tertiary/aromatic N) is 4. The Bertz CT molecular complexity index is 1220. The van der Waals surface area contributed by atoms with Crippen molar-refractivity contribution in [3.05, 3.63) is 49.1 Å². The van der Waals surface area contributed by atoms with Crippen LogP contribution in [0.3, 0.4) is 0 Å². The maximum Gasteiger partial charge on any atom is 0.573 e. The molecule has 0 unspecified atom stereocenters. The summed E-state index contributed by atoms with van der Waals surface area (Å²) in [7, 11) is 0. The fourth-order valence-electron chi connectivity index (χ4n) is 3.75. The Hall–Kier alpha value is -3.42. The number of benzene rings is 1. The van der Waals surface area contributed by atoms with Crippen molar-refractivity contribution in [1.29, 1.82) is 0 Å². The zero-order chi connectivity index (χ0) is 33.4. The highest BCUT2D eigenvalue weighted by Crippen LogP contribution is 2.26. The maximum absolute atomic E-state index is 12.4. The first kappa shape index (κ1) is 38.0. The number of rotatable bonds is 27. The van der Waals surface area contributed by atoms with Crippen LogP contribution in [-0.2, 0) is 39.7 Å². The van der Waals surface area contributed by atoms with Gasteiger partial charge in [-0.25, -0.2) is 9.97 Å². The van der Waals surface area contributed by atoms with Crippen LogP contribution in [0.2, 0.25) is 0 Å². The summed E-state index contributed by atoms with van der Waals surface area (Å²) in [5.41, 5.74) is 7.26. The third-order valence-corrected chi connectivity index (χ3v) is 5.92. The molecule has 0 saturated heterocycles. The average molecular weight is 673 g/mol. The van der Waals surface area contributed by atoms with E-state index in [0.29, 0.717) is 123 Å². The van der Waals surface area contributed by atoms with Crippen molar-refractivity contribution >= 4 is 11.5 Å². The van der Waals surface area contributed by atoms with Crippen LogP contribution in [0, 0.1) is 0 Å². The molecule has 1 aromatic carbocycles. The number of aromatic nitrogens is 4. The molecule has 0 atom stereocenters. The highest BCUT2D eigenvalue weighted by molar-refractivity contribution is 5.64. The molecule has 2 heterocycles. The smallest absolute Gasteiger partial charge is 0.406 e. The van der Waals surface area contributed by atoms with Crippen molar-refractivity contribution in [1.82, 2.24) is 19.7 Å². The molecule has 3 aromatic rings. The van der Waals surface area contributed by atoms with Crippen LogP contribution in [0.4, 0.5) is 24.7 Å². The summed E-state index contributed by atoms with van der Waals surface area (Å²) in [4.78, 5) is 8.45. The lowest BCUT2D eigenvalue weighted by molar-refractivity contribution is -0.274. The molecule has 0 aliphatic heterocycles. The van der Waals surface area contributed by atoms with Crippen molar-refractivity contribution in [3.8, 4) is 17.0 Å². The second-order valence-electron chi connectivity index (χ2n) is 9.55. The van der Waals surface area contributed by atoms with E-state index in [-0.39, 0.29) is 5.75 Å². The summed E-state index contributed by atoms with van der Waals surface area (Å²) in [6.45, 7) is 7.85. The number of alkyl halides is 3. The van der Waals surface area contributed by atoms with Gasteiger partial charge in [-0.2, -0.15) is 5.10 Å². The van der Waals surface area contributed by atoms with Gasteiger partial charge in [-0.05, 0) is 24.3 Å². The number of anilines is 2. The molecule has 0 spiro atoms. The van der Waals surface area contributed by atoms with E-state index < -0.39 is 6.36 Å². The first-order valence-electron chi connectivity index (χ1n) is 15.1. The Morgan fingerprint density at radius 2 is 1.19 bits per heavy atom. The first-order chi connectivity index (χ1) is 22.9. The molecule has 0 aliphatic carbocycles. The first-order valence-corrected chi connectivity index (χ1v) is 15.1. The molecule has 0 amide bonds. The van der Waals surface area contributed by atoms with Crippen LogP contribution in [0.1, 0.15) is 0 Å². The Kier molecular flexibility index (Phi) is 18.6. The maximum atomic E-state index is 12.4. The van der Waals surface area contributed by atoms with Crippen molar-refractivity contribution < 1.29 is 51.1 Å². The predicted octanol–water partition coefficient (Wildman–Crippen LogP) is 3.06. The molecule has 3 rings (SSSR count). The Morgan fingerprint density at radius 1 is 0.681 bits per heavy atom. The van der Waals surface area contributed by atoms with Gasteiger partial charge in [-0.15, -0.1) is 13.2 Å².